The van der Waals surface area contributed by atoms with Gasteiger partial charge in [0, 0.05) is 6.54 Å². The lowest BCUT2D eigenvalue weighted by atomic mass is 10.0. The Morgan fingerprint density at radius 3 is 2.67 bits per heavy atom. The first-order chi connectivity index (χ1) is 10.2. The SMILES string of the molecule is CCCOc1nc(N)nc(NCC(C)c2ccccc2)n1. The van der Waals surface area contributed by atoms with Crippen LogP contribution in [0.25, 0.3) is 0 Å². The van der Waals surface area contributed by atoms with E-state index in [9.17, 15) is 0 Å². The van der Waals surface area contributed by atoms with Crippen molar-refractivity contribution in [3.05, 3.63) is 35.9 Å². The van der Waals surface area contributed by atoms with Crippen LogP contribution in [0, 0.1) is 0 Å². The molecule has 6 nitrogen and oxygen atoms in total. The third-order valence-corrected chi connectivity index (χ3v) is 3.00. The zero-order valence-corrected chi connectivity index (χ0v) is 12.4. The van der Waals surface area contributed by atoms with Gasteiger partial charge in [-0.2, -0.15) is 15.0 Å². The number of ether oxygens (including phenoxy) is 1. The first-order valence-corrected chi connectivity index (χ1v) is 7.12. The van der Waals surface area contributed by atoms with Crippen LogP contribution in [-0.4, -0.2) is 28.1 Å². The number of benzene rings is 1. The lowest BCUT2D eigenvalue weighted by Gasteiger charge is -2.13. The lowest BCUT2D eigenvalue weighted by Crippen LogP contribution is -2.14. The Hall–Kier alpha value is -2.37. The van der Waals surface area contributed by atoms with E-state index in [2.05, 4.69) is 39.3 Å². The molecule has 3 N–H and O–H groups in total. The van der Waals surface area contributed by atoms with Crippen molar-refractivity contribution in [1.82, 2.24) is 15.0 Å². The van der Waals surface area contributed by atoms with Crippen LogP contribution in [0.15, 0.2) is 30.3 Å². The average molecular weight is 287 g/mol. The summed E-state index contributed by atoms with van der Waals surface area (Å²) >= 11 is 0. The minimum absolute atomic E-state index is 0.158. The largest absolute Gasteiger partial charge is 0.463 e. The summed E-state index contributed by atoms with van der Waals surface area (Å²) in [5, 5.41) is 3.18. The third-order valence-electron chi connectivity index (χ3n) is 3.00. The minimum atomic E-state index is 0.158. The van der Waals surface area contributed by atoms with Crippen LogP contribution in [-0.2, 0) is 0 Å². The quantitative estimate of drug-likeness (QED) is 0.813. The van der Waals surface area contributed by atoms with Crippen LogP contribution in [0.1, 0.15) is 31.7 Å². The number of rotatable bonds is 7. The van der Waals surface area contributed by atoms with Crippen molar-refractivity contribution in [2.24, 2.45) is 0 Å². The van der Waals surface area contributed by atoms with E-state index in [-0.39, 0.29) is 12.0 Å². The highest BCUT2D eigenvalue weighted by Gasteiger charge is 2.08. The second-order valence-electron chi connectivity index (χ2n) is 4.84. The number of hydrogen-bond acceptors (Lipinski definition) is 6. The fourth-order valence-corrected chi connectivity index (χ4v) is 1.85. The van der Waals surface area contributed by atoms with Gasteiger partial charge in [0.2, 0.25) is 11.9 Å². The van der Waals surface area contributed by atoms with Crippen LogP contribution in [0.5, 0.6) is 6.01 Å². The highest BCUT2D eigenvalue weighted by Crippen LogP contribution is 2.16. The molecule has 1 atom stereocenters. The van der Waals surface area contributed by atoms with Crippen LogP contribution < -0.4 is 15.8 Å². The molecule has 1 aromatic heterocycles. The predicted molar refractivity (Wildman–Crippen MR) is 83.4 cm³/mol. The summed E-state index contributed by atoms with van der Waals surface area (Å²) in [6, 6.07) is 10.5. The Labute approximate surface area is 124 Å². The van der Waals surface area contributed by atoms with Crippen molar-refractivity contribution < 1.29 is 4.74 Å². The predicted octanol–water partition coefficient (Wildman–Crippen LogP) is 2.46. The van der Waals surface area contributed by atoms with E-state index in [1.807, 2.05) is 25.1 Å². The maximum Gasteiger partial charge on any atom is 0.323 e. The Morgan fingerprint density at radius 2 is 1.95 bits per heavy atom. The number of nitrogens with two attached hydrogens (primary N) is 1. The van der Waals surface area contributed by atoms with Crippen molar-refractivity contribution in [1.29, 1.82) is 0 Å². The molecule has 0 radical (unpaired) electrons. The van der Waals surface area contributed by atoms with E-state index in [1.165, 1.54) is 5.56 Å². The van der Waals surface area contributed by atoms with Gasteiger partial charge in [-0.15, -0.1) is 0 Å². The Kier molecular flexibility index (Phi) is 5.31. The summed E-state index contributed by atoms with van der Waals surface area (Å²) in [5.74, 6) is 0.937. The molecule has 0 aliphatic rings. The van der Waals surface area contributed by atoms with Gasteiger partial charge < -0.3 is 15.8 Å². The van der Waals surface area contributed by atoms with Crippen LogP contribution in [0.2, 0.25) is 0 Å². The summed E-state index contributed by atoms with van der Waals surface area (Å²) in [6.07, 6.45) is 0.888. The summed E-state index contributed by atoms with van der Waals surface area (Å²) < 4.78 is 5.39. The van der Waals surface area contributed by atoms with E-state index in [0.29, 0.717) is 25.0 Å². The molecule has 0 fully saturated rings. The standard InChI is InChI=1S/C15H21N5O/c1-3-9-21-15-19-13(16)18-14(20-15)17-10-11(2)12-7-5-4-6-8-12/h4-8,11H,3,9-10H2,1-2H3,(H3,16,17,18,19,20). The number of nitrogen functional groups attached to an aromatic ring is 1. The molecule has 112 valence electrons. The highest BCUT2D eigenvalue weighted by atomic mass is 16.5. The number of aromatic nitrogens is 3. The molecule has 6 heteroatoms. The first-order valence-electron chi connectivity index (χ1n) is 7.12. The smallest absolute Gasteiger partial charge is 0.323 e. The van der Waals surface area contributed by atoms with Gasteiger partial charge in [0.15, 0.2) is 0 Å². The van der Waals surface area contributed by atoms with E-state index in [0.717, 1.165) is 6.42 Å². The molecule has 0 bridgehead atoms. The van der Waals surface area contributed by atoms with Gasteiger partial charge in [0.25, 0.3) is 0 Å². The fraction of sp³-hybridized carbons (Fsp3) is 0.400. The summed E-state index contributed by atoms with van der Waals surface area (Å²) in [4.78, 5) is 12.2. The topological polar surface area (TPSA) is 86.0 Å². The molecule has 2 aromatic rings. The lowest BCUT2D eigenvalue weighted by molar-refractivity contribution is 0.292. The molecular weight excluding hydrogens is 266 g/mol. The second-order valence-corrected chi connectivity index (χ2v) is 4.84. The van der Waals surface area contributed by atoms with Crippen molar-refractivity contribution in [2.45, 2.75) is 26.2 Å². The van der Waals surface area contributed by atoms with Gasteiger partial charge in [0.05, 0.1) is 6.61 Å². The number of hydrogen-bond donors (Lipinski definition) is 2. The molecule has 0 saturated carbocycles. The van der Waals surface area contributed by atoms with Gasteiger partial charge in [0.1, 0.15) is 0 Å². The van der Waals surface area contributed by atoms with E-state index in [4.69, 9.17) is 10.5 Å². The maximum atomic E-state index is 5.67. The molecular formula is C15H21N5O. The van der Waals surface area contributed by atoms with Gasteiger partial charge in [-0.1, -0.05) is 44.2 Å². The van der Waals surface area contributed by atoms with Crippen molar-refractivity contribution in [3.63, 3.8) is 0 Å². The van der Waals surface area contributed by atoms with Crippen LogP contribution in [0.3, 0.4) is 0 Å². The summed E-state index contributed by atoms with van der Waals surface area (Å²) in [7, 11) is 0. The number of nitrogens with one attached hydrogen (secondary N) is 1. The Balaban J connectivity index is 1.97. The molecule has 1 unspecified atom stereocenters. The minimum Gasteiger partial charge on any atom is -0.463 e. The zero-order valence-electron chi connectivity index (χ0n) is 12.4. The molecule has 1 aromatic carbocycles. The Morgan fingerprint density at radius 1 is 1.19 bits per heavy atom. The van der Waals surface area contributed by atoms with E-state index < -0.39 is 0 Å². The Bertz CT molecular complexity index is 561. The molecule has 0 saturated heterocycles. The fourth-order valence-electron chi connectivity index (χ4n) is 1.85. The van der Waals surface area contributed by atoms with Gasteiger partial charge in [-0.25, -0.2) is 0 Å². The molecule has 21 heavy (non-hydrogen) atoms. The first kappa shape index (κ1) is 15.0. The van der Waals surface area contributed by atoms with Crippen molar-refractivity contribution >= 4 is 11.9 Å². The molecule has 0 aliphatic heterocycles. The van der Waals surface area contributed by atoms with Gasteiger partial charge in [-0.3, -0.25) is 0 Å². The second kappa shape index (κ2) is 7.42. The van der Waals surface area contributed by atoms with E-state index in [1.54, 1.807) is 0 Å². The monoisotopic (exact) mass is 287 g/mol. The van der Waals surface area contributed by atoms with Crippen LogP contribution in [0.4, 0.5) is 11.9 Å². The van der Waals surface area contributed by atoms with E-state index >= 15 is 0 Å². The van der Waals surface area contributed by atoms with Gasteiger partial charge >= 0.3 is 6.01 Å². The number of nitrogens with zero attached hydrogens (tertiary/aromatic N) is 3. The molecule has 2 rings (SSSR count). The van der Waals surface area contributed by atoms with Crippen molar-refractivity contribution in [2.75, 3.05) is 24.2 Å². The molecule has 0 spiro atoms. The third kappa shape index (κ3) is 4.59. The zero-order chi connectivity index (χ0) is 15.1. The van der Waals surface area contributed by atoms with Gasteiger partial charge in [-0.05, 0) is 17.9 Å². The van der Waals surface area contributed by atoms with Crippen LogP contribution >= 0.6 is 0 Å². The molecule has 0 amide bonds. The molecule has 1 heterocycles. The maximum absolute atomic E-state index is 5.67. The normalized spacial score (nSPS) is 11.9. The van der Waals surface area contributed by atoms with Crippen molar-refractivity contribution in [3.8, 4) is 6.01 Å². The number of anilines is 2. The molecule has 0 aliphatic carbocycles. The average Bonchev–Trinajstić information content (AvgIpc) is 2.51. The highest BCUT2D eigenvalue weighted by molar-refractivity contribution is 5.33. The summed E-state index contributed by atoms with van der Waals surface area (Å²) in [6.45, 7) is 5.43. The summed E-state index contributed by atoms with van der Waals surface area (Å²) in [5.41, 5.74) is 6.93.